The molecule has 2 saturated heterocycles. The van der Waals surface area contributed by atoms with Crippen LogP contribution in [0, 0.1) is 5.82 Å². The van der Waals surface area contributed by atoms with Gasteiger partial charge in [0.05, 0.1) is 36.7 Å². The van der Waals surface area contributed by atoms with Gasteiger partial charge in [-0.15, -0.1) is 0 Å². The van der Waals surface area contributed by atoms with Crippen molar-refractivity contribution in [1.29, 1.82) is 0 Å². The molecule has 3 N–H and O–H groups in total. The minimum Gasteiger partial charge on any atom is -0.478 e. The smallest absolute Gasteiger partial charge is 0.414 e. The average molecular weight is 417 g/mol. The zero-order valence-corrected chi connectivity index (χ0v) is 16.4. The largest absolute Gasteiger partial charge is 0.478 e. The van der Waals surface area contributed by atoms with E-state index in [4.69, 9.17) is 20.3 Å². The van der Waals surface area contributed by atoms with Crippen LogP contribution in [-0.4, -0.2) is 62.7 Å². The molecule has 0 spiro atoms. The molecule has 0 aromatic heterocycles. The molecule has 30 heavy (non-hydrogen) atoms. The molecule has 9 heteroatoms. The number of cyclic esters (lactones) is 1. The van der Waals surface area contributed by atoms with Crippen LogP contribution < -0.4 is 15.5 Å². The van der Waals surface area contributed by atoms with Gasteiger partial charge in [-0.25, -0.2) is 14.0 Å². The Labute approximate surface area is 173 Å². The van der Waals surface area contributed by atoms with Crippen LogP contribution >= 0.6 is 0 Å². The van der Waals surface area contributed by atoms with Crippen LogP contribution in [0.15, 0.2) is 48.5 Å². The van der Waals surface area contributed by atoms with Gasteiger partial charge >= 0.3 is 12.1 Å². The minimum absolute atomic E-state index is 0.260. The molecule has 0 saturated carbocycles. The van der Waals surface area contributed by atoms with E-state index < -0.39 is 12.1 Å². The van der Waals surface area contributed by atoms with Gasteiger partial charge in [0.2, 0.25) is 0 Å². The molecule has 1 amide bonds. The van der Waals surface area contributed by atoms with E-state index in [1.165, 1.54) is 11.0 Å². The molecule has 8 nitrogen and oxygen atoms in total. The van der Waals surface area contributed by atoms with Gasteiger partial charge < -0.3 is 25.2 Å². The first-order chi connectivity index (χ1) is 14.5. The van der Waals surface area contributed by atoms with Gasteiger partial charge in [-0.2, -0.15) is 0 Å². The molecule has 2 aliphatic rings. The van der Waals surface area contributed by atoms with Gasteiger partial charge in [-0.3, -0.25) is 4.90 Å². The molecule has 2 aliphatic heterocycles. The fourth-order valence-electron chi connectivity index (χ4n) is 3.16. The summed E-state index contributed by atoms with van der Waals surface area (Å²) >= 11 is 0. The van der Waals surface area contributed by atoms with Crippen molar-refractivity contribution >= 4 is 23.4 Å². The highest BCUT2D eigenvalue weighted by molar-refractivity contribution is 5.90. The second-order valence-electron chi connectivity index (χ2n) is 6.76. The third-order valence-corrected chi connectivity index (χ3v) is 4.75. The molecule has 0 bridgehead atoms. The van der Waals surface area contributed by atoms with Crippen molar-refractivity contribution in [3.8, 4) is 0 Å². The van der Waals surface area contributed by atoms with Crippen LogP contribution in [0.3, 0.4) is 0 Å². The number of carbonyl (C=O) groups is 2. The summed E-state index contributed by atoms with van der Waals surface area (Å²) in [6.45, 7) is 3.13. The van der Waals surface area contributed by atoms with E-state index in [0.29, 0.717) is 49.8 Å². The number of nitrogens with zero attached hydrogens (tertiary/aromatic N) is 2. The second-order valence-corrected chi connectivity index (χ2v) is 6.76. The number of ether oxygens (including phenoxy) is 2. The summed E-state index contributed by atoms with van der Waals surface area (Å²) < 4.78 is 24.6. The Kier molecular flexibility index (Phi) is 7.21. The van der Waals surface area contributed by atoms with Gasteiger partial charge in [0.15, 0.2) is 0 Å². The Balaban J connectivity index is 0.000000239. The maximum atomic E-state index is 14.3. The predicted octanol–water partition coefficient (Wildman–Crippen LogP) is 2.33. The predicted molar refractivity (Wildman–Crippen MR) is 110 cm³/mol. The second kappa shape index (κ2) is 10.0. The number of carboxylic acid groups (broad SMARTS) is 1. The number of hydrogen-bond donors (Lipinski definition) is 2. The summed E-state index contributed by atoms with van der Waals surface area (Å²) in [7, 11) is 0. The lowest BCUT2D eigenvalue weighted by molar-refractivity contribution is 0.0696. The van der Waals surface area contributed by atoms with E-state index in [9.17, 15) is 14.0 Å². The first kappa shape index (κ1) is 21.5. The van der Waals surface area contributed by atoms with Crippen molar-refractivity contribution in [3.63, 3.8) is 0 Å². The van der Waals surface area contributed by atoms with Crippen LogP contribution in [0.4, 0.5) is 20.6 Å². The van der Waals surface area contributed by atoms with Crippen molar-refractivity contribution in [1.82, 2.24) is 0 Å². The number of hydrogen-bond acceptors (Lipinski definition) is 6. The number of nitrogens with two attached hydrogens (primary N) is 1. The number of halogens is 1. The van der Waals surface area contributed by atoms with E-state index in [2.05, 4.69) is 0 Å². The van der Waals surface area contributed by atoms with Crippen LogP contribution in [-0.2, 0) is 9.47 Å². The number of benzene rings is 2. The fourth-order valence-corrected chi connectivity index (χ4v) is 3.16. The third kappa shape index (κ3) is 5.25. The summed E-state index contributed by atoms with van der Waals surface area (Å²) in [5, 5.41) is 8.38. The van der Waals surface area contributed by atoms with Crippen LogP contribution in [0.25, 0.3) is 0 Å². The molecule has 160 valence electrons. The van der Waals surface area contributed by atoms with Crippen molar-refractivity contribution in [3.05, 3.63) is 59.9 Å². The van der Waals surface area contributed by atoms with E-state index in [-0.39, 0.29) is 18.5 Å². The molecule has 2 heterocycles. The molecule has 2 fully saturated rings. The Morgan fingerprint density at radius 1 is 1.17 bits per heavy atom. The molecular weight excluding hydrogens is 393 g/mol. The van der Waals surface area contributed by atoms with Gasteiger partial charge in [0, 0.05) is 19.6 Å². The first-order valence-electron chi connectivity index (χ1n) is 9.58. The monoisotopic (exact) mass is 417 g/mol. The average Bonchev–Trinajstić information content (AvgIpc) is 3.16. The Hall–Kier alpha value is -3.17. The number of anilines is 2. The van der Waals surface area contributed by atoms with E-state index in [1.54, 1.807) is 42.5 Å². The number of aromatic carboxylic acids is 1. The van der Waals surface area contributed by atoms with Crippen LogP contribution in [0.2, 0.25) is 0 Å². The van der Waals surface area contributed by atoms with E-state index in [0.717, 1.165) is 0 Å². The zero-order chi connectivity index (χ0) is 21.5. The summed E-state index contributed by atoms with van der Waals surface area (Å²) in [5.41, 5.74) is 6.85. The van der Waals surface area contributed by atoms with Gasteiger partial charge in [-0.05, 0) is 30.3 Å². The van der Waals surface area contributed by atoms with Crippen molar-refractivity contribution < 1.29 is 28.6 Å². The maximum absolute atomic E-state index is 14.3. The van der Waals surface area contributed by atoms with E-state index in [1.807, 2.05) is 4.90 Å². The lowest BCUT2D eigenvalue weighted by Crippen LogP contribution is -2.36. The lowest BCUT2D eigenvalue weighted by Gasteiger charge is -2.29. The Morgan fingerprint density at radius 2 is 1.87 bits per heavy atom. The Bertz CT molecular complexity index is 874. The van der Waals surface area contributed by atoms with Crippen molar-refractivity contribution in [2.24, 2.45) is 5.73 Å². The maximum Gasteiger partial charge on any atom is 0.414 e. The molecule has 2 aromatic rings. The topological polar surface area (TPSA) is 105 Å². The summed E-state index contributed by atoms with van der Waals surface area (Å²) in [4.78, 5) is 25.3. The first-order valence-corrected chi connectivity index (χ1v) is 9.58. The van der Waals surface area contributed by atoms with Gasteiger partial charge in [-0.1, -0.05) is 18.2 Å². The summed E-state index contributed by atoms with van der Waals surface area (Å²) in [6.07, 6.45) is -0.816. The highest BCUT2D eigenvalue weighted by Crippen LogP contribution is 2.28. The normalized spacial score (nSPS) is 18.5. The van der Waals surface area contributed by atoms with Gasteiger partial charge in [0.25, 0.3) is 0 Å². The SMILES string of the molecule is NC[C@H]1CN(c2ccc(N3CCOCC3)c(F)c2)C(=O)O1.O=C(O)c1ccccc1. The fraction of sp³-hybridized carbons (Fsp3) is 0.333. The van der Waals surface area contributed by atoms with Crippen molar-refractivity contribution in [2.45, 2.75) is 6.10 Å². The van der Waals surface area contributed by atoms with Gasteiger partial charge in [0.1, 0.15) is 11.9 Å². The number of carbonyl (C=O) groups excluding carboxylic acids is 1. The minimum atomic E-state index is -0.879. The highest BCUT2D eigenvalue weighted by Gasteiger charge is 2.32. The number of amides is 1. The lowest BCUT2D eigenvalue weighted by atomic mass is 10.2. The summed E-state index contributed by atoms with van der Waals surface area (Å²) in [5.74, 6) is -1.23. The number of rotatable bonds is 4. The molecule has 0 unspecified atom stereocenters. The highest BCUT2D eigenvalue weighted by atomic mass is 19.1. The molecule has 0 radical (unpaired) electrons. The number of morpholine rings is 1. The molecular formula is C21H24FN3O5. The summed E-state index contributed by atoms with van der Waals surface area (Å²) in [6, 6.07) is 13.1. The third-order valence-electron chi connectivity index (χ3n) is 4.75. The van der Waals surface area contributed by atoms with Crippen molar-refractivity contribution in [2.75, 3.05) is 49.2 Å². The van der Waals surface area contributed by atoms with Crippen LogP contribution in [0.5, 0.6) is 0 Å². The zero-order valence-electron chi connectivity index (χ0n) is 16.4. The standard InChI is InChI=1S/C14H18FN3O3.C7H6O2/c15-12-7-10(18-9-11(8-16)21-14(18)19)1-2-13(12)17-3-5-20-6-4-17;8-7(9)6-4-2-1-3-5-6/h1-2,7,11H,3-6,8-9,16H2;1-5H,(H,8,9)/t11-;/m0./s1. The molecule has 4 rings (SSSR count). The molecule has 1 atom stereocenters. The number of carboxylic acids is 1. The Morgan fingerprint density at radius 3 is 2.40 bits per heavy atom. The molecule has 0 aliphatic carbocycles. The molecule has 2 aromatic carbocycles. The quantitative estimate of drug-likeness (QED) is 0.787. The van der Waals surface area contributed by atoms with E-state index >= 15 is 0 Å². The van der Waals surface area contributed by atoms with Crippen LogP contribution in [0.1, 0.15) is 10.4 Å².